The van der Waals surface area contributed by atoms with Crippen LogP contribution in [0.5, 0.6) is 11.5 Å². The van der Waals surface area contributed by atoms with Crippen molar-refractivity contribution in [3.05, 3.63) is 166 Å². The van der Waals surface area contributed by atoms with Crippen molar-refractivity contribution in [1.82, 2.24) is 59.1 Å². The van der Waals surface area contributed by atoms with Crippen molar-refractivity contribution in [2.45, 2.75) is 52.6 Å². The summed E-state index contributed by atoms with van der Waals surface area (Å²) in [6.45, 7) is 9.59. The predicted octanol–water partition coefficient (Wildman–Crippen LogP) is 4.86. The number of aromatic nitrogens is 12. The zero-order valence-corrected chi connectivity index (χ0v) is 35.8. The average Bonchev–Trinajstić information content (AvgIpc) is 4.01. The summed E-state index contributed by atoms with van der Waals surface area (Å²) in [6, 6.07) is 18.6. The number of hydrogen-bond acceptors (Lipinski definition) is 14. The van der Waals surface area contributed by atoms with Gasteiger partial charge in [0.2, 0.25) is 10.9 Å². The van der Waals surface area contributed by atoms with Crippen molar-refractivity contribution in [1.29, 1.82) is 0 Å². The number of hydrogen-bond donors (Lipinski definition) is 2. The topological polar surface area (TPSA) is 216 Å². The number of ether oxygens (including phenoxy) is 2. The third-order valence-corrected chi connectivity index (χ3v) is 10.1. The summed E-state index contributed by atoms with van der Waals surface area (Å²) >= 11 is 0. The quantitative estimate of drug-likeness (QED) is 0.133. The van der Waals surface area contributed by atoms with Crippen LogP contribution in [0.2, 0.25) is 0 Å². The van der Waals surface area contributed by atoms with Gasteiger partial charge in [0.15, 0.2) is 23.1 Å². The van der Waals surface area contributed by atoms with Gasteiger partial charge in [-0.2, -0.15) is 20.4 Å². The third-order valence-electron chi connectivity index (χ3n) is 10.1. The third kappa shape index (κ3) is 10.7. The van der Waals surface area contributed by atoms with E-state index in [-0.39, 0.29) is 35.9 Å². The number of aliphatic hydroxyl groups is 2. The van der Waals surface area contributed by atoms with Crippen LogP contribution in [0, 0.1) is 0 Å². The van der Waals surface area contributed by atoms with Gasteiger partial charge in [-0.25, -0.2) is 29.3 Å². The van der Waals surface area contributed by atoms with Crippen molar-refractivity contribution in [2.75, 3.05) is 26.4 Å². The molecule has 8 rings (SSSR count). The Bertz CT molecular complexity index is 2690. The summed E-state index contributed by atoms with van der Waals surface area (Å²) in [5, 5.41) is 35.7. The van der Waals surface area contributed by atoms with E-state index in [1.807, 2.05) is 76.2 Å². The van der Waals surface area contributed by atoms with Crippen LogP contribution in [0.4, 0.5) is 0 Å². The molecule has 2 unspecified atom stereocenters. The lowest BCUT2D eigenvalue weighted by molar-refractivity contribution is 0.269. The fourth-order valence-electron chi connectivity index (χ4n) is 6.75. The van der Waals surface area contributed by atoms with Crippen molar-refractivity contribution in [3.8, 4) is 45.6 Å². The molecule has 0 aliphatic heterocycles. The Balaban J connectivity index is 0.000000191. The Labute approximate surface area is 368 Å². The molecule has 0 radical (unpaired) electrons. The van der Waals surface area contributed by atoms with Crippen molar-refractivity contribution < 1.29 is 19.7 Å². The van der Waals surface area contributed by atoms with Gasteiger partial charge in [-0.1, -0.05) is 50.2 Å². The highest BCUT2D eigenvalue weighted by Gasteiger charge is 2.18. The first-order chi connectivity index (χ1) is 31.2. The van der Waals surface area contributed by atoms with Crippen LogP contribution in [0.15, 0.2) is 132 Å². The molecule has 0 bridgehead atoms. The van der Waals surface area contributed by atoms with Crippen LogP contribution in [0.25, 0.3) is 34.2 Å². The van der Waals surface area contributed by atoms with E-state index in [1.165, 1.54) is 12.1 Å². The molecule has 0 fully saturated rings. The molecule has 18 nitrogen and oxygen atoms in total. The second-order valence-electron chi connectivity index (χ2n) is 14.4. The number of nitrogens with zero attached hydrogens (tertiary/aromatic N) is 12. The molecule has 0 amide bonds. The van der Waals surface area contributed by atoms with Gasteiger partial charge in [-0.05, 0) is 37.1 Å². The van der Waals surface area contributed by atoms with E-state index in [1.54, 1.807) is 80.7 Å². The molecular weight excluding hydrogens is 817 g/mol. The Morgan fingerprint density at radius 1 is 0.578 bits per heavy atom. The second kappa shape index (κ2) is 20.9. The molecule has 0 spiro atoms. The summed E-state index contributed by atoms with van der Waals surface area (Å²) < 4.78 is 17.3. The molecule has 0 aliphatic rings. The molecule has 2 aromatic carbocycles. The normalized spacial score (nSPS) is 12.0. The Hall–Kier alpha value is -7.70. The molecule has 18 heteroatoms. The smallest absolute Gasteiger partial charge is 0.203 e. The monoisotopic (exact) mass is 864 g/mol. The van der Waals surface area contributed by atoms with E-state index in [4.69, 9.17) is 19.7 Å². The molecule has 0 aliphatic carbocycles. The van der Waals surface area contributed by atoms with Crippen LogP contribution in [0.1, 0.15) is 62.0 Å². The van der Waals surface area contributed by atoms with Gasteiger partial charge >= 0.3 is 0 Å². The second-order valence-corrected chi connectivity index (χ2v) is 14.4. The first-order valence-corrected chi connectivity index (χ1v) is 20.7. The lowest BCUT2D eigenvalue weighted by Crippen LogP contribution is -2.18. The fourth-order valence-corrected chi connectivity index (χ4v) is 6.75. The van der Waals surface area contributed by atoms with Crippen LogP contribution in [-0.4, -0.2) is 95.7 Å². The van der Waals surface area contributed by atoms with Gasteiger partial charge in [0, 0.05) is 47.5 Å². The maximum Gasteiger partial charge on any atom is 0.203 e. The van der Waals surface area contributed by atoms with Gasteiger partial charge in [0.05, 0.1) is 89.1 Å². The standard InChI is InChI=1S/2C23H24N6O3/c2*1-3-32-20-13-24-23(25-14-20)18-6-4-5-17(11-18)16(2)22-21(31)7-8-29(27-22)19-12-26-28(15-19)9-10-30/h2*4-8,11-16,30H,3,9-10H2,1-2H3. The van der Waals surface area contributed by atoms with Crippen molar-refractivity contribution in [3.63, 3.8) is 0 Å². The maximum atomic E-state index is 12.6. The molecule has 0 saturated heterocycles. The molecule has 6 heterocycles. The van der Waals surface area contributed by atoms with E-state index < -0.39 is 0 Å². The molecule has 64 heavy (non-hydrogen) atoms. The summed E-state index contributed by atoms with van der Waals surface area (Å²) in [6.07, 6.45) is 16.7. The highest BCUT2D eigenvalue weighted by atomic mass is 16.5. The SMILES string of the molecule is CCOc1cnc(-c2cccc(C(C)c3nn(-c4cnn(CCO)c4)ccc3=O)c2)nc1.CCOc1cnc(-c2cccc(C(C)c3nn(-c4cnn(CCO)c4)ccc3=O)c2)nc1. The Morgan fingerprint density at radius 3 is 1.36 bits per heavy atom. The minimum absolute atomic E-state index is 0.00456. The fraction of sp³-hybridized carbons (Fsp3) is 0.261. The van der Waals surface area contributed by atoms with Gasteiger partial charge in [0.1, 0.15) is 22.8 Å². The van der Waals surface area contributed by atoms with Gasteiger partial charge in [-0.15, -0.1) is 0 Å². The van der Waals surface area contributed by atoms with Crippen molar-refractivity contribution in [2.24, 2.45) is 0 Å². The first-order valence-electron chi connectivity index (χ1n) is 20.7. The summed E-state index contributed by atoms with van der Waals surface area (Å²) in [7, 11) is 0. The van der Waals surface area contributed by atoms with E-state index in [0.29, 0.717) is 72.2 Å². The van der Waals surface area contributed by atoms with Crippen LogP contribution >= 0.6 is 0 Å². The van der Waals surface area contributed by atoms with Crippen LogP contribution in [-0.2, 0) is 13.1 Å². The summed E-state index contributed by atoms with van der Waals surface area (Å²) in [5.41, 5.74) is 5.54. The summed E-state index contributed by atoms with van der Waals surface area (Å²) in [5.74, 6) is 1.92. The number of aliphatic hydroxyl groups excluding tert-OH is 2. The minimum Gasteiger partial charge on any atom is -0.491 e. The molecule has 8 aromatic rings. The van der Waals surface area contributed by atoms with Crippen LogP contribution < -0.4 is 20.3 Å². The molecule has 6 aromatic heterocycles. The minimum atomic E-state index is -0.245. The molecule has 328 valence electrons. The van der Waals surface area contributed by atoms with Crippen molar-refractivity contribution >= 4 is 0 Å². The maximum absolute atomic E-state index is 12.6. The van der Waals surface area contributed by atoms with E-state index >= 15 is 0 Å². The predicted molar refractivity (Wildman–Crippen MR) is 238 cm³/mol. The average molecular weight is 865 g/mol. The molecule has 2 atom stereocenters. The number of benzene rings is 2. The molecule has 2 N–H and O–H groups in total. The summed E-state index contributed by atoms with van der Waals surface area (Å²) in [4.78, 5) is 42.8. The van der Waals surface area contributed by atoms with E-state index in [0.717, 1.165) is 22.3 Å². The van der Waals surface area contributed by atoms with Gasteiger partial charge < -0.3 is 19.7 Å². The van der Waals surface area contributed by atoms with Crippen LogP contribution in [0.3, 0.4) is 0 Å². The largest absolute Gasteiger partial charge is 0.491 e. The highest BCUT2D eigenvalue weighted by molar-refractivity contribution is 5.58. The van der Waals surface area contributed by atoms with Gasteiger partial charge in [-0.3, -0.25) is 19.0 Å². The Morgan fingerprint density at radius 2 is 0.984 bits per heavy atom. The highest BCUT2D eigenvalue weighted by Crippen LogP contribution is 2.27. The zero-order chi connectivity index (χ0) is 45.0. The number of rotatable bonds is 16. The van der Waals surface area contributed by atoms with Gasteiger partial charge in [0.25, 0.3) is 0 Å². The molecule has 0 saturated carbocycles. The first kappa shape index (κ1) is 44.4. The molecular formula is C46H48N12O6. The zero-order valence-electron chi connectivity index (χ0n) is 35.8. The lowest BCUT2D eigenvalue weighted by atomic mass is 9.95. The van der Waals surface area contributed by atoms with E-state index in [2.05, 4.69) is 40.3 Å². The Kier molecular flexibility index (Phi) is 14.5. The lowest BCUT2D eigenvalue weighted by Gasteiger charge is -2.13. The van der Waals surface area contributed by atoms with E-state index in [9.17, 15) is 9.59 Å².